The Labute approximate surface area is 100 Å². The van der Waals surface area contributed by atoms with E-state index in [1.54, 1.807) is 32.2 Å². The zero-order chi connectivity index (χ0) is 12.8. The van der Waals surface area contributed by atoms with Gasteiger partial charge in [0.1, 0.15) is 5.75 Å². The number of carbonyl (C=O) groups is 1. The Morgan fingerprint density at radius 2 is 2.24 bits per heavy atom. The Hall–Kier alpha value is -2.06. The second-order valence-electron chi connectivity index (χ2n) is 3.53. The summed E-state index contributed by atoms with van der Waals surface area (Å²) in [7, 11) is 3.20. The highest BCUT2D eigenvalue weighted by Gasteiger charge is 2.13. The van der Waals surface area contributed by atoms with E-state index in [1.807, 2.05) is 6.07 Å². The molecule has 1 amide bonds. The van der Waals surface area contributed by atoms with Crippen molar-refractivity contribution < 1.29 is 9.53 Å². The van der Waals surface area contributed by atoms with E-state index < -0.39 is 0 Å². The molecule has 0 fully saturated rings. The minimum absolute atomic E-state index is 0.157. The van der Waals surface area contributed by atoms with Crippen LogP contribution >= 0.6 is 0 Å². The predicted octanol–water partition coefficient (Wildman–Crippen LogP) is 1.11. The normalized spacial score (nSPS) is 11.4. The van der Waals surface area contributed by atoms with Gasteiger partial charge < -0.3 is 15.4 Å². The molecule has 0 aliphatic heterocycles. The zero-order valence-corrected chi connectivity index (χ0v) is 10.1. The summed E-state index contributed by atoms with van der Waals surface area (Å²) in [6.45, 7) is 1.76. The number of methoxy groups -OCH3 is 1. The van der Waals surface area contributed by atoms with Crippen LogP contribution < -0.4 is 15.4 Å². The molecule has 1 rings (SSSR count). The molecule has 0 aromatic heterocycles. The van der Waals surface area contributed by atoms with Crippen LogP contribution in [0, 0.1) is 11.3 Å². The molecular formula is C12H15N3O2. The van der Waals surface area contributed by atoms with Crippen LogP contribution in [0.3, 0.4) is 0 Å². The largest absolute Gasteiger partial charge is 0.495 e. The minimum Gasteiger partial charge on any atom is -0.495 e. The molecule has 2 N–H and O–H groups in total. The third-order valence-electron chi connectivity index (χ3n) is 2.41. The molecule has 0 saturated carbocycles. The van der Waals surface area contributed by atoms with Gasteiger partial charge in [-0.1, -0.05) is 0 Å². The van der Waals surface area contributed by atoms with E-state index in [0.29, 0.717) is 17.0 Å². The van der Waals surface area contributed by atoms with Crippen LogP contribution in [0.15, 0.2) is 18.2 Å². The van der Waals surface area contributed by atoms with Gasteiger partial charge >= 0.3 is 0 Å². The molecule has 1 aromatic carbocycles. The van der Waals surface area contributed by atoms with E-state index in [0.717, 1.165) is 0 Å². The molecule has 0 spiro atoms. The average molecular weight is 233 g/mol. The van der Waals surface area contributed by atoms with Gasteiger partial charge in [0.05, 0.1) is 30.5 Å². The Bertz CT molecular complexity index is 452. The first kappa shape index (κ1) is 13.0. The number of benzene rings is 1. The van der Waals surface area contributed by atoms with Gasteiger partial charge in [-0.3, -0.25) is 4.79 Å². The lowest BCUT2D eigenvalue weighted by Gasteiger charge is -2.13. The molecule has 1 unspecified atom stereocenters. The SMILES string of the molecule is CNC(C)C(=O)Nc1ccc(C#N)cc1OC. The molecule has 5 nitrogen and oxygen atoms in total. The van der Waals surface area contributed by atoms with Crippen molar-refractivity contribution in [3.05, 3.63) is 23.8 Å². The maximum atomic E-state index is 11.7. The van der Waals surface area contributed by atoms with E-state index in [-0.39, 0.29) is 11.9 Å². The van der Waals surface area contributed by atoms with Crippen molar-refractivity contribution in [3.8, 4) is 11.8 Å². The van der Waals surface area contributed by atoms with Crippen molar-refractivity contribution >= 4 is 11.6 Å². The predicted molar refractivity (Wildman–Crippen MR) is 64.9 cm³/mol. The summed E-state index contributed by atoms with van der Waals surface area (Å²) in [4.78, 5) is 11.7. The number of nitrogens with zero attached hydrogens (tertiary/aromatic N) is 1. The summed E-state index contributed by atoms with van der Waals surface area (Å²) in [5.74, 6) is 0.316. The first-order valence-electron chi connectivity index (χ1n) is 5.18. The number of carbonyl (C=O) groups excluding carboxylic acids is 1. The van der Waals surface area contributed by atoms with Crippen molar-refractivity contribution in [1.82, 2.24) is 5.32 Å². The molecule has 5 heteroatoms. The minimum atomic E-state index is -0.296. The Morgan fingerprint density at radius 3 is 2.76 bits per heavy atom. The summed E-state index contributed by atoms with van der Waals surface area (Å²) < 4.78 is 5.12. The number of hydrogen-bond donors (Lipinski definition) is 2. The summed E-state index contributed by atoms with van der Waals surface area (Å²) in [5, 5.41) is 14.3. The first-order chi connectivity index (χ1) is 8.12. The molecule has 0 saturated heterocycles. The van der Waals surface area contributed by atoms with Crippen molar-refractivity contribution in [2.45, 2.75) is 13.0 Å². The van der Waals surface area contributed by atoms with E-state index in [4.69, 9.17) is 10.00 Å². The van der Waals surface area contributed by atoms with Crippen LogP contribution in [0.5, 0.6) is 5.75 Å². The number of amides is 1. The number of nitriles is 1. The van der Waals surface area contributed by atoms with Crippen LogP contribution in [0.4, 0.5) is 5.69 Å². The second kappa shape index (κ2) is 5.87. The van der Waals surface area contributed by atoms with E-state index in [1.165, 1.54) is 7.11 Å². The highest BCUT2D eigenvalue weighted by molar-refractivity contribution is 5.95. The van der Waals surface area contributed by atoms with Gasteiger partial charge in [0.25, 0.3) is 0 Å². The van der Waals surface area contributed by atoms with Gasteiger partial charge in [0.15, 0.2) is 0 Å². The molecule has 0 heterocycles. The Morgan fingerprint density at radius 1 is 1.53 bits per heavy atom. The van der Waals surface area contributed by atoms with E-state index >= 15 is 0 Å². The van der Waals surface area contributed by atoms with E-state index in [2.05, 4.69) is 10.6 Å². The quantitative estimate of drug-likeness (QED) is 0.817. The number of ether oxygens (including phenoxy) is 1. The molecular weight excluding hydrogens is 218 g/mol. The maximum Gasteiger partial charge on any atom is 0.241 e. The third kappa shape index (κ3) is 3.20. The standard InChI is InChI=1S/C12H15N3O2/c1-8(14-2)12(16)15-10-5-4-9(7-13)6-11(10)17-3/h4-6,8,14H,1-3H3,(H,15,16). The number of anilines is 1. The van der Waals surface area contributed by atoms with Gasteiger partial charge in [-0.05, 0) is 26.1 Å². The van der Waals surface area contributed by atoms with Gasteiger partial charge in [-0.2, -0.15) is 5.26 Å². The maximum absolute atomic E-state index is 11.7. The molecule has 0 aliphatic carbocycles. The molecule has 1 aromatic rings. The van der Waals surface area contributed by atoms with Gasteiger partial charge in [0, 0.05) is 6.07 Å². The molecule has 17 heavy (non-hydrogen) atoms. The zero-order valence-electron chi connectivity index (χ0n) is 10.1. The number of likely N-dealkylation sites (N-methyl/N-ethyl adjacent to an activating group) is 1. The lowest BCUT2D eigenvalue weighted by atomic mass is 10.2. The second-order valence-corrected chi connectivity index (χ2v) is 3.53. The van der Waals surface area contributed by atoms with E-state index in [9.17, 15) is 4.79 Å². The van der Waals surface area contributed by atoms with Crippen LogP contribution in [-0.2, 0) is 4.79 Å². The average Bonchev–Trinajstić information content (AvgIpc) is 2.37. The number of nitrogens with one attached hydrogen (secondary N) is 2. The monoisotopic (exact) mass is 233 g/mol. The van der Waals surface area contributed by atoms with Crippen LogP contribution in [0.1, 0.15) is 12.5 Å². The Balaban J connectivity index is 2.92. The van der Waals surface area contributed by atoms with Crippen molar-refractivity contribution in [2.24, 2.45) is 0 Å². The molecule has 0 bridgehead atoms. The van der Waals surface area contributed by atoms with Gasteiger partial charge in [0.2, 0.25) is 5.91 Å². The van der Waals surface area contributed by atoms with Crippen LogP contribution in [-0.4, -0.2) is 26.1 Å². The van der Waals surface area contributed by atoms with Gasteiger partial charge in [-0.15, -0.1) is 0 Å². The fourth-order valence-corrected chi connectivity index (χ4v) is 1.24. The summed E-state index contributed by atoms with van der Waals surface area (Å²) >= 11 is 0. The molecule has 0 aliphatic rings. The lowest BCUT2D eigenvalue weighted by molar-refractivity contribution is -0.117. The Kier molecular flexibility index (Phi) is 4.49. The highest BCUT2D eigenvalue weighted by Crippen LogP contribution is 2.25. The smallest absolute Gasteiger partial charge is 0.241 e. The summed E-state index contributed by atoms with van der Waals surface area (Å²) in [6.07, 6.45) is 0. The first-order valence-corrected chi connectivity index (χ1v) is 5.18. The highest BCUT2D eigenvalue weighted by atomic mass is 16.5. The summed E-state index contributed by atoms with van der Waals surface area (Å²) in [5.41, 5.74) is 1.04. The third-order valence-corrected chi connectivity index (χ3v) is 2.41. The summed E-state index contributed by atoms with van der Waals surface area (Å²) in [6, 6.07) is 6.58. The molecule has 0 radical (unpaired) electrons. The van der Waals surface area contributed by atoms with Gasteiger partial charge in [-0.25, -0.2) is 0 Å². The fourth-order valence-electron chi connectivity index (χ4n) is 1.24. The van der Waals surface area contributed by atoms with Crippen LogP contribution in [0.25, 0.3) is 0 Å². The fraction of sp³-hybridized carbons (Fsp3) is 0.333. The van der Waals surface area contributed by atoms with Crippen LogP contribution in [0.2, 0.25) is 0 Å². The lowest BCUT2D eigenvalue weighted by Crippen LogP contribution is -2.35. The van der Waals surface area contributed by atoms with Crippen molar-refractivity contribution in [3.63, 3.8) is 0 Å². The molecule has 90 valence electrons. The molecule has 1 atom stereocenters. The number of rotatable bonds is 4. The van der Waals surface area contributed by atoms with Crippen molar-refractivity contribution in [2.75, 3.05) is 19.5 Å². The van der Waals surface area contributed by atoms with Crippen molar-refractivity contribution in [1.29, 1.82) is 5.26 Å². The topological polar surface area (TPSA) is 74.2 Å². The number of hydrogen-bond acceptors (Lipinski definition) is 4.